The van der Waals surface area contributed by atoms with Crippen molar-refractivity contribution in [1.82, 2.24) is 0 Å². The molecule has 0 aliphatic heterocycles. The van der Waals surface area contributed by atoms with Gasteiger partial charge in [0.05, 0.1) is 0 Å². The number of nitrogens with two attached hydrogens (primary N) is 2. The van der Waals surface area contributed by atoms with Crippen molar-refractivity contribution in [1.29, 1.82) is 10.9 Å². The molecule has 0 rings (SSSR count). The molecule has 6 N–H and O–H groups in total. The SMILES string of the molecule is N=NC(N)=NC(=N)N. The summed E-state index contributed by atoms with van der Waals surface area (Å²) in [5.74, 6) is -0.754. The fourth-order valence-corrected chi connectivity index (χ4v) is 0.148. The van der Waals surface area contributed by atoms with Gasteiger partial charge in [-0.1, -0.05) is 0 Å². The molecule has 0 amide bonds. The third kappa shape index (κ3) is 2.76. The molecule has 8 heavy (non-hydrogen) atoms. The molecule has 0 saturated carbocycles. The summed E-state index contributed by atoms with van der Waals surface area (Å²) in [6.07, 6.45) is 0. The third-order valence-electron chi connectivity index (χ3n) is 0.350. The highest BCUT2D eigenvalue weighted by Gasteiger charge is 1.83. The molecule has 0 unspecified atom stereocenters. The van der Waals surface area contributed by atoms with E-state index in [1.165, 1.54) is 0 Å². The summed E-state index contributed by atoms with van der Waals surface area (Å²) >= 11 is 0. The minimum atomic E-state index is -0.446. The smallest absolute Gasteiger partial charge is 0.242 e. The molecule has 0 saturated heterocycles. The number of guanidine groups is 2. The molecule has 0 atom stereocenters. The van der Waals surface area contributed by atoms with Crippen LogP contribution in [0.3, 0.4) is 0 Å². The van der Waals surface area contributed by atoms with Gasteiger partial charge in [0, 0.05) is 0 Å². The lowest BCUT2D eigenvalue weighted by Gasteiger charge is -1.84. The van der Waals surface area contributed by atoms with Crippen molar-refractivity contribution in [3.63, 3.8) is 0 Å². The maximum absolute atomic E-state index is 6.50. The maximum Gasteiger partial charge on any atom is 0.242 e. The Kier molecular flexibility index (Phi) is 2.18. The average Bonchev–Trinajstić information content (AvgIpc) is 1.65. The first-order valence-electron chi connectivity index (χ1n) is 1.72. The molecule has 6 nitrogen and oxygen atoms in total. The van der Waals surface area contributed by atoms with E-state index < -0.39 is 5.96 Å². The highest BCUT2D eigenvalue weighted by atomic mass is 15.2. The van der Waals surface area contributed by atoms with Gasteiger partial charge in [-0.15, -0.1) is 5.11 Å². The van der Waals surface area contributed by atoms with Crippen LogP contribution in [-0.4, -0.2) is 11.9 Å². The van der Waals surface area contributed by atoms with Gasteiger partial charge in [0.15, 0.2) is 0 Å². The molecule has 0 radical (unpaired) electrons. The van der Waals surface area contributed by atoms with Crippen molar-refractivity contribution in [2.75, 3.05) is 0 Å². The second-order valence-electron chi connectivity index (χ2n) is 0.967. The fourth-order valence-electron chi connectivity index (χ4n) is 0.148. The number of rotatable bonds is 0. The lowest BCUT2D eigenvalue weighted by atomic mass is 11.0. The predicted octanol–water partition coefficient (Wildman–Crippen LogP) is -0.774. The van der Waals surface area contributed by atoms with Crippen LogP contribution in [0.5, 0.6) is 0 Å². The molecule has 0 aromatic carbocycles. The minimum absolute atomic E-state index is 0.308. The van der Waals surface area contributed by atoms with Crippen LogP contribution in [0, 0.1) is 10.9 Å². The zero-order valence-corrected chi connectivity index (χ0v) is 4.05. The number of hydrogen-bond donors (Lipinski definition) is 4. The van der Waals surface area contributed by atoms with Crippen LogP contribution in [-0.2, 0) is 0 Å². The van der Waals surface area contributed by atoms with Crippen LogP contribution < -0.4 is 11.5 Å². The normalized spacial score (nSPS) is 10.8. The molecule has 0 aliphatic rings. The van der Waals surface area contributed by atoms with Crippen LogP contribution in [0.2, 0.25) is 0 Å². The number of nitrogens with zero attached hydrogens (tertiary/aromatic N) is 2. The summed E-state index contributed by atoms with van der Waals surface area (Å²) in [6, 6.07) is 0. The molecule has 0 aromatic rings. The Morgan fingerprint density at radius 1 is 1.38 bits per heavy atom. The van der Waals surface area contributed by atoms with E-state index in [1.807, 2.05) is 0 Å². The van der Waals surface area contributed by atoms with Gasteiger partial charge in [-0.2, -0.15) is 4.99 Å². The Balaban J connectivity index is 3.94. The first kappa shape index (κ1) is 6.54. The van der Waals surface area contributed by atoms with Crippen molar-refractivity contribution in [2.24, 2.45) is 21.6 Å². The van der Waals surface area contributed by atoms with Gasteiger partial charge in [0.2, 0.25) is 11.9 Å². The van der Waals surface area contributed by atoms with Crippen LogP contribution in [0.4, 0.5) is 0 Å². The second kappa shape index (κ2) is 2.67. The van der Waals surface area contributed by atoms with Crippen LogP contribution >= 0.6 is 0 Å². The summed E-state index contributed by atoms with van der Waals surface area (Å²) < 4.78 is 0. The van der Waals surface area contributed by atoms with Crippen molar-refractivity contribution in [3.05, 3.63) is 0 Å². The van der Waals surface area contributed by atoms with Gasteiger partial charge in [-0.25, -0.2) is 5.53 Å². The monoisotopic (exact) mass is 114 g/mol. The molecule has 0 fully saturated rings. The first-order valence-corrected chi connectivity index (χ1v) is 1.72. The summed E-state index contributed by atoms with van der Waals surface area (Å²) in [5.41, 5.74) is 15.8. The molecule has 0 heterocycles. The van der Waals surface area contributed by atoms with E-state index in [2.05, 4.69) is 10.1 Å². The van der Waals surface area contributed by atoms with E-state index >= 15 is 0 Å². The van der Waals surface area contributed by atoms with E-state index in [1.54, 1.807) is 0 Å². The molecule has 0 spiro atoms. The Morgan fingerprint density at radius 2 is 1.88 bits per heavy atom. The van der Waals surface area contributed by atoms with Gasteiger partial charge in [0.1, 0.15) is 0 Å². The molecule has 0 aliphatic carbocycles. The summed E-state index contributed by atoms with van der Waals surface area (Å²) in [5, 5.41) is 9.18. The molecular weight excluding hydrogens is 108 g/mol. The van der Waals surface area contributed by atoms with E-state index in [0.717, 1.165) is 0 Å². The van der Waals surface area contributed by atoms with Gasteiger partial charge < -0.3 is 11.5 Å². The van der Waals surface area contributed by atoms with Crippen molar-refractivity contribution >= 4 is 11.9 Å². The molecule has 0 bridgehead atoms. The highest BCUT2D eigenvalue weighted by molar-refractivity contribution is 5.91. The molecule has 44 valence electrons. The van der Waals surface area contributed by atoms with Gasteiger partial charge in [0.25, 0.3) is 0 Å². The zero-order chi connectivity index (χ0) is 6.57. The summed E-state index contributed by atoms with van der Waals surface area (Å²) in [6.45, 7) is 0. The Labute approximate surface area is 45.6 Å². The van der Waals surface area contributed by atoms with Crippen LogP contribution in [0.15, 0.2) is 10.1 Å². The van der Waals surface area contributed by atoms with E-state index in [0.29, 0.717) is 0 Å². The quantitative estimate of drug-likeness (QED) is 0.187. The first-order chi connectivity index (χ1) is 3.66. The average molecular weight is 114 g/mol. The number of aliphatic imine (C=N–C) groups is 1. The molecule has 6 heteroatoms. The van der Waals surface area contributed by atoms with Crippen molar-refractivity contribution in [2.45, 2.75) is 0 Å². The van der Waals surface area contributed by atoms with Crippen molar-refractivity contribution in [3.8, 4) is 0 Å². The predicted molar refractivity (Wildman–Crippen MR) is 28.7 cm³/mol. The largest absolute Gasteiger partial charge is 0.368 e. The summed E-state index contributed by atoms with van der Waals surface area (Å²) in [7, 11) is 0. The third-order valence-corrected chi connectivity index (χ3v) is 0.350. The van der Waals surface area contributed by atoms with E-state index in [4.69, 9.17) is 22.4 Å². The van der Waals surface area contributed by atoms with Crippen molar-refractivity contribution < 1.29 is 0 Å². The maximum atomic E-state index is 6.50. The van der Waals surface area contributed by atoms with E-state index in [9.17, 15) is 0 Å². The highest BCUT2D eigenvalue weighted by Crippen LogP contribution is 1.67. The topological polar surface area (TPSA) is 124 Å². The van der Waals surface area contributed by atoms with Gasteiger partial charge >= 0.3 is 0 Å². The van der Waals surface area contributed by atoms with Gasteiger partial charge in [-0.05, 0) is 0 Å². The zero-order valence-electron chi connectivity index (χ0n) is 4.05. The number of nitrogens with one attached hydrogen (secondary N) is 2. The lowest BCUT2D eigenvalue weighted by Crippen LogP contribution is -2.14. The van der Waals surface area contributed by atoms with Gasteiger partial charge in [-0.3, -0.25) is 5.41 Å². The lowest BCUT2D eigenvalue weighted by molar-refractivity contribution is 1.16. The number of hydrogen-bond acceptors (Lipinski definition) is 2. The minimum Gasteiger partial charge on any atom is -0.368 e. The molecule has 0 aromatic heterocycles. The van der Waals surface area contributed by atoms with Crippen LogP contribution in [0.25, 0.3) is 0 Å². The fraction of sp³-hybridized carbons (Fsp3) is 0. The Bertz CT molecular complexity index is 133. The summed E-state index contributed by atoms with van der Waals surface area (Å²) in [4.78, 5) is 3.10. The Hall–Kier alpha value is -1.46. The molecular formula is C2H6N6. The van der Waals surface area contributed by atoms with Crippen LogP contribution in [0.1, 0.15) is 0 Å². The standard InChI is InChI=1S/C2H6N6/c3-1(4)7-2(5)8-6/h6H,(H5,3,4,5,7). The second-order valence-corrected chi connectivity index (χ2v) is 0.967. The van der Waals surface area contributed by atoms with E-state index in [-0.39, 0.29) is 5.96 Å². The Morgan fingerprint density at radius 3 is 2.00 bits per heavy atom.